The van der Waals surface area contributed by atoms with Crippen LogP contribution in [-0.2, 0) is 4.79 Å². The predicted octanol–water partition coefficient (Wildman–Crippen LogP) is -0.686. The van der Waals surface area contributed by atoms with Gasteiger partial charge in [-0.15, -0.1) is 0 Å². The van der Waals surface area contributed by atoms with E-state index in [4.69, 9.17) is 5.73 Å². The Balaban J connectivity index is 3.52. The molecule has 0 aliphatic carbocycles. The fourth-order valence-electron chi connectivity index (χ4n) is 0.305. The first-order valence-electron chi connectivity index (χ1n) is 2.26. The maximum absolute atomic E-state index is 10.2. The number of carbonyl (C=O) groups excluding carboxylic acids is 1. The fourth-order valence-corrected chi connectivity index (χ4v) is 0.654. The molecule has 47 valence electrons. The first kappa shape index (κ1) is 7.78. The Bertz CT molecular complexity index is 82.1. The van der Waals surface area contributed by atoms with E-state index in [1.54, 1.807) is 7.05 Å². The molecule has 0 fully saturated rings. The third kappa shape index (κ3) is 2.18. The first-order chi connectivity index (χ1) is 3.72. The fraction of sp³-hybridized carbons (Fsp3) is 0.750. The highest BCUT2D eigenvalue weighted by atomic mass is 32.1. The summed E-state index contributed by atoms with van der Waals surface area (Å²) >= 11 is 3.83. The van der Waals surface area contributed by atoms with Crippen molar-refractivity contribution < 1.29 is 4.79 Å². The van der Waals surface area contributed by atoms with Gasteiger partial charge in [-0.05, 0) is 7.05 Å². The summed E-state index contributed by atoms with van der Waals surface area (Å²) in [6.45, 7) is 0. The lowest BCUT2D eigenvalue weighted by molar-refractivity contribution is -0.120. The molecule has 0 saturated heterocycles. The Hall–Kier alpha value is -0.220. The average molecular weight is 133 g/mol. The summed E-state index contributed by atoms with van der Waals surface area (Å²) in [5.74, 6) is -0.221. The van der Waals surface area contributed by atoms with Gasteiger partial charge in [0.2, 0.25) is 0 Å². The molecule has 0 rings (SSSR count). The zero-order valence-electron chi connectivity index (χ0n) is 4.64. The predicted molar refractivity (Wildman–Crippen MR) is 34.8 cm³/mol. The minimum atomic E-state index is -0.609. The van der Waals surface area contributed by atoms with Crippen LogP contribution in [0, 0.1) is 0 Å². The van der Waals surface area contributed by atoms with E-state index in [9.17, 15) is 4.79 Å². The Morgan fingerprint density at radius 3 is 2.50 bits per heavy atom. The number of thiol groups is 1. The highest BCUT2D eigenvalue weighted by Crippen LogP contribution is 1.83. The zero-order chi connectivity index (χ0) is 6.57. The lowest BCUT2D eigenvalue weighted by atomic mass is 10.3. The van der Waals surface area contributed by atoms with Gasteiger partial charge >= 0.3 is 0 Å². The highest BCUT2D eigenvalue weighted by molar-refractivity contribution is 7.80. The summed E-state index contributed by atoms with van der Waals surface area (Å²) in [6, 6.07) is -0.404. The number of carbonyl (C=O) groups is 1. The second kappa shape index (κ2) is 3.74. The molecule has 0 heterocycles. The lowest BCUT2D eigenvalue weighted by Crippen LogP contribution is -2.36. The van der Waals surface area contributed by atoms with Crippen molar-refractivity contribution in [3.05, 3.63) is 0 Å². The quantitative estimate of drug-likeness (QED) is 0.501. The molecule has 0 aromatic rings. The molecule has 0 saturated carbocycles. The van der Waals surface area contributed by atoms with E-state index in [1.165, 1.54) is 0 Å². The van der Waals surface area contributed by atoms with Gasteiger partial charge in [0, 0.05) is 5.75 Å². The minimum Gasteiger partial charge on any atom is -0.308 e. The van der Waals surface area contributed by atoms with E-state index >= 15 is 0 Å². The van der Waals surface area contributed by atoms with E-state index < -0.39 is 11.9 Å². The highest BCUT2D eigenvalue weighted by Gasteiger charge is 2.08. The number of rotatable bonds is 3. The summed E-state index contributed by atoms with van der Waals surface area (Å²) in [4.78, 5) is 10.2. The van der Waals surface area contributed by atoms with Gasteiger partial charge in [0.25, 0.3) is 5.91 Å². The van der Waals surface area contributed by atoms with Crippen LogP contribution in [0.5, 0.6) is 0 Å². The molecule has 1 atom stereocenters. The molecule has 1 amide bonds. The van der Waals surface area contributed by atoms with Crippen LogP contribution in [0.4, 0.5) is 0 Å². The van der Waals surface area contributed by atoms with Crippen LogP contribution in [-0.4, -0.2) is 24.7 Å². The van der Waals surface area contributed by atoms with Crippen LogP contribution >= 0.6 is 12.6 Å². The standard InChI is InChI=1S/C4H9N2OS/c1-6-3(2-8)4(5)7/h3,5-6,8H,2H2,1H3/t3-/m0/s1. The maximum atomic E-state index is 10.2. The van der Waals surface area contributed by atoms with E-state index in [1.807, 2.05) is 0 Å². The Labute approximate surface area is 54.0 Å². The maximum Gasteiger partial charge on any atom is 0.256 e. The molecule has 2 N–H and O–H groups in total. The van der Waals surface area contributed by atoms with Gasteiger partial charge in [-0.1, -0.05) is 0 Å². The van der Waals surface area contributed by atoms with E-state index in [2.05, 4.69) is 17.9 Å². The number of hydrogen-bond donors (Lipinski definition) is 2. The minimum absolute atomic E-state index is 0.388. The van der Waals surface area contributed by atoms with E-state index in [-0.39, 0.29) is 0 Å². The lowest BCUT2D eigenvalue weighted by Gasteiger charge is -2.05. The molecule has 0 aliphatic heterocycles. The van der Waals surface area contributed by atoms with Crippen LogP contribution in [0.3, 0.4) is 0 Å². The van der Waals surface area contributed by atoms with Crippen molar-refractivity contribution in [3.63, 3.8) is 0 Å². The van der Waals surface area contributed by atoms with Crippen LogP contribution in [0.2, 0.25) is 0 Å². The zero-order valence-corrected chi connectivity index (χ0v) is 5.53. The molecular weight excluding hydrogens is 124 g/mol. The van der Waals surface area contributed by atoms with Crippen LogP contribution in [0.1, 0.15) is 0 Å². The molecule has 0 aromatic heterocycles. The van der Waals surface area contributed by atoms with Gasteiger partial charge in [-0.2, -0.15) is 12.6 Å². The smallest absolute Gasteiger partial charge is 0.256 e. The summed E-state index contributed by atoms with van der Waals surface area (Å²) in [7, 11) is 1.63. The second-order valence-corrected chi connectivity index (χ2v) is 1.75. The summed E-state index contributed by atoms with van der Waals surface area (Å²) < 4.78 is 0. The second-order valence-electron chi connectivity index (χ2n) is 1.39. The molecule has 0 aliphatic rings. The van der Waals surface area contributed by atoms with E-state index in [0.717, 1.165) is 0 Å². The normalized spacial score (nSPS) is 13.2. The van der Waals surface area contributed by atoms with Crippen molar-refractivity contribution >= 4 is 18.5 Å². The molecule has 0 spiro atoms. The Morgan fingerprint density at radius 1 is 2.00 bits per heavy atom. The van der Waals surface area contributed by atoms with Crippen LogP contribution in [0.25, 0.3) is 0 Å². The van der Waals surface area contributed by atoms with Crippen LogP contribution < -0.4 is 11.1 Å². The van der Waals surface area contributed by atoms with Crippen molar-refractivity contribution in [3.8, 4) is 0 Å². The molecule has 8 heavy (non-hydrogen) atoms. The van der Waals surface area contributed by atoms with Crippen molar-refractivity contribution in [1.82, 2.24) is 11.1 Å². The molecular formula is C4H9N2OS. The van der Waals surface area contributed by atoms with Gasteiger partial charge in [-0.3, -0.25) is 10.5 Å². The molecule has 0 aromatic carbocycles. The van der Waals surface area contributed by atoms with Gasteiger partial charge < -0.3 is 5.32 Å². The number of hydrogen-bond acceptors (Lipinski definition) is 3. The van der Waals surface area contributed by atoms with Crippen molar-refractivity contribution in [1.29, 1.82) is 0 Å². The number of amides is 1. The SMILES string of the molecule is CN[C@@H](CS)C([NH])=O. The van der Waals surface area contributed by atoms with Crippen molar-refractivity contribution in [2.75, 3.05) is 12.8 Å². The molecule has 0 bridgehead atoms. The Morgan fingerprint density at radius 2 is 2.50 bits per heavy atom. The number of nitrogens with one attached hydrogen (secondary N) is 2. The van der Waals surface area contributed by atoms with Gasteiger partial charge in [0.05, 0.1) is 6.04 Å². The van der Waals surface area contributed by atoms with E-state index in [0.29, 0.717) is 5.75 Å². The monoisotopic (exact) mass is 133 g/mol. The summed E-state index contributed by atoms with van der Waals surface area (Å²) in [5, 5.41) is 2.64. The molecule has 3 nitrogen and oxygen atoms in total. The third-order valence-electron chi connectivity index (χ3n) is 0.848. The van der Waals surface area contributed by atoms with Crippen molar-refractivity contribution in [2.45, 2.75) is 6.04 Å². The summed E-state index contributed by atoms with van der Waals surface area (Å²) in [5.41, 5.74) is 6.58. The van der Waals surface area contributed by atoms with Crippen molar-refractivity contribution in [2.24, 2.45) is 0 Å². The topological polar surface area (TPSA) is 52.9 Å². The van der Waals surface area contributed by atoms with Gasteiger partial charge in [0.1, 0.15) is 0 Å². The van der Waals surface area contributed by atoms with Crippen LogP contribution in [0.15, 0.2) is 0 Å². The summed E-state index contributed by atoms with van der Waals surface area (Å²) in [6.07, 6.45) is 0. The average Bonchev–Trinajstić information content (AvgIpc) is 1.69. The largest absolute Gasteiger partial charge is 0.308 e. The number of likely N-dealkylation sites (N-methyl/N-ethyl adjacent to an activating group) is 1. The van der Waals surface area contributed by atoms with Gasteiger partial charge in [0.15, 0.2) is 0 Å². The molecule has 1 radical (unpaired) electrons. The first-order valence-corrected chi connectivity index (χ1v) is 2.89. The third-order valence-corrected chi connectivity index (χ3v) is 1.21. The molecule has 4 heteroatoms. The molecule has 0 unspecified atom stereocenters. The van der Waals surface area contributed by atoms with Gasteiger partial charge in [-0.25, -0.2) is 0 Å². The Kier molecular flexibility index (Phi) is 3.64.